The summed E-state index contributed by atoms with van der Waals surface area (Å²) in [5.74, 6) is 1.01. The highest BCUT2D eigenvalue weighted by Gasteiger charge is 2.26. The van der Waals surface area contributed by atoms with Crippen molar-refractivity contribution in [3.63, 3.8) is 0 Å². The molecule has 1 amide bonds. The van der Waals surface area contributed by atoms with E-state index >= 15 is 0 Å². The topological polar surface area (TPSA) is 77.2 Å². The number of aryl methyl sites for hydroxylation is 1. The summed E-state index contributed by atoms with van der Waals surface area (Å²) in [7, 11) is 1.62. The molecule has 1 unspecified atom stereocenters. The molecule has 8 heteroatoms. The molecule has 142 valence electrons. The van der Waals surface area contributed by atoms with Gasteiger partial charge in [-0.25, -0.2) is 4.98 Å². The lowest BCUT2D eigenvalue weighted by Gasteiger charge is -2.33. The van der Waals surface area contributed by atoms with E-state index in [1.165, 1.54) is 5.56 Å². The largest absolute Gasteiger partial charge is 0.383 e. The molecule has 8 nitrogen and oxygen atoms in total. The second kappa shape index (κ2) is 8.46. The molecule has 0 radical (unpaired) electrons. The average molecular weight is 360 g/mol. The number of hydrogen-bond donors (Lipinski definition) is 1. The summed E-state index contributed by atoms with van der Waals surface area (Å²) in [6, 6.07) is 0.207. The second-order valence-electron chi connectivity index (χ2n) is 6.65. The lowest BCUT2D eigenvalue weighted by molar-refractivity contribution is -0.120. The van der Waals surface area contributed by atoms with E-state index in [4.69, 9.17) is 9.72 Å². The minimum Gasteiger partial charge on any atom is -0.383 e. The molecule has 1 aliphatic heterocycles. The van der Waals surface area contributed by atoms with Crippen LogP contribution in [0.5, 0.6) is 0 Å². The zero-order valence-electron chi connectivity index (χ0n) is 15.8. The van der Waals surface area contributed by atoms with Crippen LogP contribution in [0.3, 0.4) is 0 Å². The van der Waals surface area contributed by atoms with Crippen molar-refractivity contribution in [2.75, 3.05) is 26.8 Å². The minimum absolute atomic E-state index is 0.0195. The fourth-order valence-electron chi connectivity index (χ4n) is 3.31. The highest BCUT2D eigenvalue weighted by atomic mass is 16.5. The highest BCUT2D eigenvalue weighted by Crippen LogP contribution is 2.26. The van der Waals surface area contributed by atoms with Crippen LogP contribution < -0.4 is 5.32 Å². The van der Waals surface area contributed by atoms with Crippen molar-refractivity contribution in [1.29, 1.82) is 0 Å². The highest BCUT2D eigenvalue weighted by molar-refractivity contribution is 5.78. The summed E-state index contributed by atoms with van der Waals surface area (Å²) in [4.78, 5) is 19.1. The Morgan fingerprint density at radius 2 is 2.23 bits per heavy atom. The van der Waals surface area contributed by atoms with E-state index in [0.29, 0.717) is 19.6 Å². The summed E-state index contributed by atoms with van der Waals surface area (Å²) in [5.41, 5.74) is 2.04. The molecule has 0 aromatic carbocycles. The molecule has 0 spiro atoms. The number of amides is 1. The van der Waals surface area contributed by atoms with E-state index in [0.717, 1.165) is 37.7 Å². The van der Waals surface area contributed by atoms with Crippen molar-refractivity contribution < 1.29 is 9.53 Å². The van der Waals surface area contributed by atoms with Crippen LogP contribution in [0.4, 0.5) is 0 Å². The van der Waals surface area contributed by atoms with Gasteiger partial charge in [-0.05, 0) is 13.8 Å². The van der Waals surface area contributed by atoms with Crippen molar-refractivity contribution >= 4 is 5.91 Å². The van der Waals surface area contributed by atoms with Crippen LogP contribution in [-0.4, -0.2) is 56.9 Å². The number of rotatable bonds is 8. The van der Waals surface area contributed by atoms with Gasteiger partial charge < -0.3 is 14.6 Å². The van der Waals surface area contributed by atoms with Crippen LogP contribution in [0.25, 0.3) is 0 Å². The number of fused-ring (bicyclic) bond motifs is 1. The zero-order chi connectivity index (χ0) is 18.5. The van der Waals surface area contributed by atoms with Crippen molar-refractivity contribution in [3.05, 3.63) is 35.7 Å². The number of ether oxygens (including phenoxy) is 1. The standard InChI is InChI=1S/C18H28N6O2/c1-4-24-12-15(10-20-24)11-22-6-7-23-13-16(21-18(23)14(22)2)9-17(25)19-5-8-26-3/h10,12-14H,4-9,11H2,1-3H3,(H,19,25). The number of aromatic nitrogens is 4. The SMILES string of the molecule is CCn1cc(CN2CCn3cc(CC(=O)NCCOC)nc3C2C)cn1. The van der Waals surface area contributed by atoms with Gasteiger partial charge in [0.05, 0.1) is 31.0 Å². The molecular weight excluding hydrogens is 332 g/mol. The third-order valence-corrected chi connectivity index (χ3v) is 4.77. The summed E-state index contributed by atoms with van der Waals surface area (Å²) in [6.45, 7) is 8.90. The number of carbonyl (C=O) groups is 1. The van der Waals surface area contributed by atoms with Crippen LogP contribution in [0.2, 0.25) is 0 Å². The smallest absolute Gasteiger partial charge is 0.226 e. The Kier molecular flexibility index (Phi) is 6.05. The maximum absolute atomic E-state index is 12.0. The first kappa shape index (κ1) is 18.6. The van der Waals surface area contributed by atoms with E-state index in [1.54, 1.807) is 7.11 Å². The van der Waals surface area contributed by atoms with Crippen LogP contribution in [0.1, 0.15) is 37.0 Å². The maximum atomic E-state index is 12.0. The van der Waals surface area contributed by atoms with Gasteiger partial charge in [0.2, 0.25) is 5.91 Å². The monoisotopic (exact) mass is 360 g/mol. The zero-order valence-corrected chi connectivity index (χ0v) is 15.8. The van der Waals surface area contributed by atoms with Crippen molar-refractivity contribution in [1.82, 2.24) is 29.5 Å². The van der Waals surface area contributed by atoms with E-state index < -0.39 is 0 Å². The number of carbonyl (C=O) groups excluding carboxylic acids is 1. The third-order valence-electron chi connectivity index (χ3n) is 4.77. The molecule has 0 saturated carbocycles. The Hall–Kier alpha value is -2.19. The lowest BCUT2D eigenvalue weighted by atomic mass is 10.2. The first-order valence-electron chi connectivity index (χ1n) is 9.17. The number of imidazole rings is 1. The third kappa shape index (κ3) is 4.31. The molecule has 0 fully saturated rings. The second-order valence-corrected chi connectivity index (χ2v) is 6.65. The Bertz CT molecular complexity index is 738. The number of methoxy groups -OCH3 is 1. The predicted octanol–water partition coefficient (Wildman–Crippen LogP) is 0.981. The Morgan fingerprint density at radius 1 is 1.38 bits per heavy atom. The number of nitrogens with zero attached hydrogens (tertiary/aromatic N) is 5. The summed E-state index contributed by atoms with van der Waals surface area (Å²) >= 11 is 0. The molecule has 1 aliphatic rings. The summed E-state index contributed by atoms with van der Waals surface area (Å²) in [5, 5.41) is 7.19. The van der Waals surface area contributed by atoms with Gasteiger partial charge in [0.25, 0.3) is 0 Å². The average Bonchev–Trinajstić information content (AvgIpc) is 3.24. The molecule has 0 aliphatic carbocycles. The normalized spacial score (nSPS) is 17.3. The summed E-state index contributed by atoms with van der Waals surface area (Å²) < 4.78 is 9.07. The predicted molar refractivity (Wildman–Crippen MR) is 97.5 cm³/mol. The van der Waals surface area contributed by atoms with Crippen LogP contribution in [0.15, 0.2) is 18.6 Å². The molecule has 3 heterocycles. The Balaban J connectivity index is 1.61. The molecule has 3 rings (SSSR count). The van der Waals surface area contributed by atoms with Crippen LogP contribution in [-0.2, 0) is 35.6 Å². The fraction of sp³-hybridized carbons (Fsp3) is 0.611. The van der Waals surface area contributed by atoms with Gasteiger partial charge in [-0.3, -0.25) is 14.4 Å². The molecule has 1 atom stereocenters. The van der Waals surface area contributed by atoms with E-state index in [2.05, 4.69) is 39.9 Å². The number of nitrogens with one attached hydrogen (secondary N) is 1. The van der Waals surface area contributed by atoms with E-state index in [1.807, 2.05) is 17.1 Å². The van der Waals surface area contributed by atoms with E-state index in [9.17, 15) is 4.79 Å². The van der Waals surface area contributed by atoms with Gasteiger partial charge in [-0.1, -0.05) is 0 Å². The molecule has 2 aromatic rings. The van der Waals surface area contributed by atoms with Crippen LogP contribution in [0, 0.1) is 0 Å². The molecule has 26 heavy (non-hydrogen) atoms. The molecule has 1 N–H and O–H groups in total. The Labute approximate surface area is 154 Å². The van der Waals surface area contributed by atoms with Crippen molar-refractivity contribution in [2.45, 2.75) is 45.9 Å². The molecule has 0 saturated heterocycles. The molecular formula is C18H28N6O2. The molecule has 2 aromatic heterocycles. The summed E-state index contributed by atoms with van der Waals surface area (Å²) in [6.07, 6.45) is 6.35. The van der Waals surface area contributed by atoms with Gasteiger partial charge in [0.1, 0.15) is 5.82 Å². The Morgan fingerprint density at radius 3 is 2.96 bits per heavy atom. The van der Waals surface area contributed by atoms with Gasteiger partial charge in [0.15, 0.2) is 0 Å². The minimum atomic E-state index is -0.0195. The van der Waals surface area contributed by atoms with Gasteiger partial charge >= 0.3 is 0 Å². The van der Waals surface area contributed by atoms with Crippen molar-refractivity contribution in [2.24, 2.45) is 0 Å². The molecule has 0 bridgehead atoms. The fourth-order valence-corrected chi connectivity index (χ4v) is 3.31. The first-order valence-corrected chi connectivity index (χ1v) is 9.17. The quantitative estimate of drug-likeness (QED) is 0.710. The van der Waals surface area contributed by atoms with Gasteiger partial charge in [-0.2, -0.15) is 5.10 Å². The van der Waals surface area contributed by atoms with E-state index in [-0.39, 0.29) is 11.9 Å². The number of hydrogen-bond acceptors (Lipinski definition) is 5. The van der Waals surface area contributed by atoms with Crippen LogP contribution >= 0.6 is 0 Å². The lowest BCUT2D eigenvalue weighted by Crippen LogP contribution is -2.36. The first-order chi connectivity index (χ1) is 12.6. The van der Waals surface area contributed by atoms with Gasteiger partial charge in [0, 0.05) is 57.8 Å². The van der Waals surface area contributed by atoms with Gasteiger partial charge in [-0.15, -0.1) is 0 Å². The van der Waals surface area contributed by atoms with Crippen molar-refractivity contribution in [3.8, 4) is 0 Å². The maximum Gasteiger partial charge on any atom is 0.226 e.